The Bertz CT molecular complexity index is 467. The van der Waals surface area contributed by atoms with E-state index in [2.05, 4.69) is 31.3 Å². The molecule has 112 valence electrons. The highest BCUT2D eigenvalue weighted by Crippen LogP contribution is 2.32. The van der Waals surface area contributed by atoms with E-state index < -0.39 is 6.36 Å². The molecule has 4 nitrogen and oxygen atoms in total. The molecule has 0 fully saturated rings. The molecule has 0 aliphatic carbocycles. The molecule has 2 N–H and O–H groups in total. The van der Waals surface area contributed by atoms with Crippen LogP contribution >= 0.6 is 15.9 Å². The van der Waals surface area contributed by atoms with Gasteiger partial charge in [-0.1, -0.05) is 15.9 Å². The van der Waals surface area contributed by atoms with Gasteiger partial charge in [0.1, 0.15) is 0 Å². The van der Waals surface area contributed by atoms with E-state index in [1.165, 1.54) is 19.2 Å². The summed E-state index contributed by atoms with van der Waals surface area (Å²) in [6, 6.07) is 4.31. The predicted molar refractivity (Wildman–Crippen MR) is 72.6 cm³/mol. The van der Waals surface area contributed by atoms with E-state index in [1.807, 2.05) is 0 Å². The van der Waals surface area contributed by atoms with Gasteiger partial charge < -0.3 is 15.4 Å². The SMILES string of the molecule is CNC(=O)CCCNc1ccc(Br)cc1OC(F)(F)F. The quantitative estimate of drug-likeness (QED) is 0.770. The van der Waals surface area contributed by atoms with Crippen LogP contribution in [0, 0.1) is 0 Å². The van der Waals surface area contributed by atoms with Gasteiger partial charge in [-0.2, -0.15) is 0 Å². The summed E-state index contributed by atoms with van der Waals surface area (Å²) in [6.45, 7) is 0.364. The lowest BCUT2D eigenvalue weighted by atomic mass is 10.2. The van der Waals surface area contributed by atoms with Crippen LogP contribution in [-0.4, -0.2) is 25.9 Å². The van der Waals surface area contributed by atoms with E-state index in [9.17, 15) is 18.0 Å². The zero-order chi connectivity index (χ0) is 15.2. The minimum Gasteiger partial charge on any atom is -0.404 e. The number of hydrogen-bond acceptors (Lipinski definition) is 3. The number of nitrogens with one attached hydrogen (secondary N) is 2. The molecule has 20 heavy (non-hydrogen) atoms. The highest BCUT2D eigenvalue weighted by atomic mass is 79.9. The first-order valence-corrected chi connectivity index (χ1v) is 6.61. The summed E-state index contributed by atoms with van der Waals surface area (Å²) in [7, 11) is 1.53. The average molecular weight is 355 g/mol. The van der Waals surface area contributed by atoms with Crippen LogP contribution in [0.4, 0.5) is 18.9 Å². The summed E-state index contributed by atoms with van der Waals surface area (Å²) in [5.74, 6) is -0.429. The standard InChI is InChI=1S/C12H14BrF3N2O2/c1-17-11(19)3-2-6-18-9-5-4-8(13)7-10(9)20-12(14,15)16/h4-5,7,18H,2-3,6H2,1H3,(H,17,19). The number of halogens is 4. The summed E-state index contributed by atoms with van der Waals surface area (Å²) >= 11 is 3.09. The fourth-order valence-electron chi connectivity index (χ4n) is 1.45. The second-order valence-corrected chi connectivity index (χ2v) is 4.81. The first-order valence-electron chi connectivity index (χ1n) is 5.81. The van der Waals surface area contributed by atoms with Gasteiger partial charge in [-0.3, -0.25) is 4.79 Å². The molecule has 0 aliphatic rings. The number of benzene rings is 1. The largest absolute Gasteiger partial charge is 0.573 e. The summed E-state index contributed by atoms with van der Waals surface area (Å²) in [5.41, 5.74) is 0.224. The van der Waals surface area contributed by atoms with Gasteiger partial charge in [-0.05, 0) is 24.6 Å². The molecule has 1 aromatic rings. The normalized spacial score (nSPS) is 11.1. The number of carbonyl (C=O) groups excluding carboxylic acids is 1. The summed E-state index contributed by atoms with van der Waals surface area (Å²) in [6.07, 6.45) is -3.95. The molecule has 0 aromatic heterocycles. The van der Waals surface area contributed by atoms with Crippen molar-refractivity contribution in [2.45, 2.75) is 19.2 Å². The fourth-order valence-corrected chi connectivity index (χ4v) is 1.79. The number of anilines is 1. The van der Waals surface area contributed by atoms with Crippen molar-refractivity contribution >= 4 is 27.5 Å². The summed E-state index contributed by atoms with van der Waals surface area (Å²) in [4.78, 5) is 11.0. The zero-order valence-corrected chi connectivity index (χ0v) is 12.3. The van der Waals surface area contributed by atoms with Crippen LogP contribution in [0.3, 0.4) is 0 Å². The third-order valence-corrected chi connectivity index (χ3v) is 2.84. The number of alkyl halides is 3. The van der Waals surface area contributed by atoms with Gasteiger partial charge in [0.2, 0.25) is 5.91 Å². The van der Waals surface area contributed by atoms with Crippen LogP contribution < -0.4 is 15.4 Å². The van der Waals surface area contributed by atoms with Crippen molar-refractivity contribution in [3.63, 3.8) is 0 Å². The van der Waals surface area contributed by atoms with E-state index in [1.54, 1.807) is 6.07 Å². The van der Waals surface area contributed by atoms with Crippen molar-refractivity contribution in [1.29, 1.82) is 0 Å². The Hall–Kier alpha value is -1.44. The van der Waals surface area contributed by atoms with Crippen molar-refractivity contribution in [2.75, 3.05) is 18.9 Å². The van der Waals surface area contributed by atoms with Crippen molar-refractivity contribution in [3.05, 3.63) is 22.7 Å². The monoisotopic (exact) mass is 354 g/mol. The lowest BCUT2D eigenvalue weighted by Crippen LogP contribution is -2.19. The Labute approximate surface area is 122 Å². The van der Waals surface area contributed by atoms with E-state index >= 15 is 0 Å². The maximum Gasteiger partial charge on any atom is 0.573 e. The van der Waals surface area contributed by atoms with Gasteiger partial charge in [0.05, 0.1) is 5.69 Å². The number of rotatable bonds is 6. The molecule has 1 rings (SSSR count). The lowest BCUT2D eigenvalue weighted by Gasteiger charge is -2.15. The molecule has 0 saturated heterocycles. The van der Waals surface area contributed by atoms with Crippen molar-refractivity contribution in [3.8, 4) is 5.75 Å². The summed E-state index contributed by atoms with van der Waals surface area (Å²) < 4.78 is 41.2. The summed E-state index contributed by atoms with van der Waals surface area (Å²) in [5, 5.41) is 5.28. The third kappa shape index (κ3) is 6.14. The zero-order valence-electron chi connectivity index (χ0n) is 10.7. The maximum atomic E-state index is 12.3. The first kappa shape index (κ1) is 16.6. The smallest absolute Gasteiger partial charge is 0.404 e. The van der Waals surface area contributed by atoms with Crippen molar-refractivity contribution in [2.24, 2.45) is 0 Å². The highest BCUT2D eigenvalue weighted by Gasteiger charge is 2.32. The molecule has 0 saturated carbocycles. The average Bonchev–Trinajstić information content (AvgIpc) is 2.34. The molecule has 0 atom stereocenters. The molecule has 0 aliphatic heterocycles. The predicted octanol–water partition coefficient (Wildman–Crippen LogP) is 3.29. The third-order valence-electron chi connectivity index (χ3n) is 2.34. The number of carbonyl (C=O) groups is 1. The lowest BCUT2D eigenvalue weighted by molar-refractivity contribution is -0.274. The highest BCUT2D eigenvalue weighted by molar-refractivity contribution is 9.10. The second kappa shape index (κ2) is 7.37. The van der Waals surface area contributed by atoms with Crippen molar-refractivity contribution in [1.82, 2.24) is 5.32 Å². The number of amides is 1. The van der Waals surface area contributed by atoms with Gasteiger partial charge >= 0.3 is 6.36 Å². The van der Waals surface area contributed by atoms with Gasteiger partial charge in [0.25, 0.3) is 0 Å². The Kier molecular flexibility index (Phi) is 6.12. The van der Waals surface area contributed by atoms with Gasteiger partial charge in [-0.15, -0.1) is 13.2 Å². The van der Waals surface area contributed by atoms with E-state index in [0.29, 0.717) is 23.9 Å². The minimum absolute atomic E-state index is 0.116. The second-order valence-electron chi connectivity index (χ2n) is 3.89. The van der Waals surface area contributed by atoms with Crippen LogP contribution in [0.25, 0.3) is 0 Å². The van der Waals surface area contributed by atoms with Crippen LogP contribution in [0.2, 0.25) is 0 Å². The van der Waals surface area contributed by atoms with Gasteiger partial charge in [-0.25, -0.2) is 0 Å². The molecule has 0 bridgehead atoms. The number of ether oxygens (including phenoxy) is 1. The van der Waals surface area contributed by atoms with Crippen LogP contribution in [-0.2, 0) is 4.79 Å². The first-order chi connectivity index (χ1) is 9.31. The fraction of sp³-hybridized carbons (Fsp3) is 0.417. The maximum absolute atomic E-state index is 12.3. The topological polar surface area (TPSA) is 50.4 Å². The van der Waals surface area contributed by atoms with E-state index in [4.69, 9.17) is 0 Å². The Balaban J connectivity index is 2.62. The molecular formula is C12H14BrF3N2O2. The number of hydrogen-bond donors (Lipinski definition) is 2. The van der Waals surface area contributed by atoms with Crippen LogP contribution in [0.15, 0.2) is 22.7 Å². The molecule has 0 unspecified atom stereocenters. The molecule has 0 spiro atoms. The molecule has 1 amide bonds. The van der Waals surface area contributed by atoms with Crippen LogP contribution in [0.5, 0.6) is 5.75 Å². The van der Waals surface area contributed by atoms with Crippen LogP contribution in [0.1, 0.15) is 12.8 Å². The molecular weight excluding hydrogens is 341 g/mol. The Morgan fingerprint density at radius 3 is 2.70 bits per heavy atom. The Morgan fingerprint density at radius 2 is 2.10 bits per heavy atom. The molecule has 8 heteroatoms. The Morgan fingerprint density at radius 1 is 1.40 bits per heavy atom. The molecule has 1 aromatic carbocycles. The van der Waals surface area contributed by atoms with E-state index in [0.717, 1.165) is 0 Å². The van der Waals surface area contributed by atoms with E-state index in [-0.39, 0.29) is 17.3 Å². The minimum atomic E-state index is -4.75. The molecule has 0 radical (unpaired) electrons. The molecule has 0 heterocycles. The van der Waals surface area contributed by atoms with Gasteiger partial charge in [0, 0.05) is 24.5 Å². The van der Waals surface area contributed by atoms with Gasteiger partial charge in [0.15, 0.2) is 5.75 Å². The van der Waals surface area contributed by atoms with Crippen molar-refractivity contribution < 1.29 is 22.7 Å².